The first kappa shape index (κ1) is 13.5. The summed E-state index contributed by atoms with van der Waals surface area (Å²) in [5.41, 5.74) is 7.38. The van der Waals surface area contributed by atoms with Crippen molar-refractivity contribution in [3.05, 3.63) is 53.6 Å². The summed E-state index contributed by atoms with van der Waals surface area (Å²) in [5.74, 6) is 1.50. The van der Waals surface area contributed by atoms with Crippen molar-refractivity contribution >= 4 is 11.5 Å². The van der Waals surface area contributed by atoms with Crippen molar-refractivity contribution in [2.45, 2.75) is 6.92 Å². The molecule has 4 heteroatoms. The molecule has 1 aliphatic heterocycles. The molecule has 2 aromatic carbocycles. The van der Waals surface area contributed by atoms with Gasteiger partial charge in [0.25, 0.3) is 0 Å². The molecule has 1 atom stereocenters. The Bertz CT molecular complexity index is 681. The number of carbonyl (C=O) groups is 1. The third kappa shape index (κ3) is 2.70. The number of nitrogen functional groups attached to an aromatic ring is 1. The molecule has 1 heterocycles. The lowest BCUT2D eigenvalue weighted by atomic mass is 10.0. The fraction of sp³-hybridized carbons (Fsp3) is 0.235. The minimum absolute atomic E-state index is 0.114. The fourth-order valence-electron chi connectivity index (χ4n) is 2.25. The van der Waals surface area contributed by atoms with Gasteiger partial charge in [0, 0.05) is 22.7 Å². The zero-order valence-electron chi connectivity index (χ0n) is 11.8. The summed E-state index contributed by atoms with van der Waals surface area (Å²) < 4.78 is 11.4. The van der Waals surface area contributed by atoms with Gasteiger partial charge in [0.15, 0.2) is 17.3 Å². The van der Waals surface area contributed by atoms with Crippen molar-refractivity contribution in [1.82, 2.24) is 0 Å². The molecule has 0 saturated heterocycles. The van der Waals surface area contributed by atoms with Gasteiger partial charge in [-0.1, -0.05) is 19.1 Å². The Hall–Kier alpha value is -2.49. The second-order valence-corrected chi connectivity index (χ2v) is 5.31. The first-order valence-corrected chi connectivity index (χ1v) is 6.94. The summed E-state index contributed by atoms with van der Waals surface area (Å²) in [6.07, 6.45) is 0. The third-order valence-corrected chi connectivity index (χ3v) is 3.46. The summed E-state index contributed by atoms with van der Waals surface area (Å²) in [5, 5.41) is 0. The molecule has 2 aromatic rings. The summed E-state index contributed by atoms with van der Waals surface area (Å²) in [6.45, 7) is 3.26. The Labute approximate surface area is 123 Å². The molecule has 0 bridgehead atoms. The molecule has 0 aromatic heterocycles. The van der Waals surface area contributed by atoms with Gasteiger partial charge in [-0.3, -0.25) is 4.79 Å². The highest BCUT2D eigenvalue weighted by atomic mass is 16.5. The lowest BCUT2D eigenvalue weighted by molar-refractivity contribution is 0.103. The number of carbonyl (C=O) groups excluding carboxylic acids is 1. The SMILES string of the molecule is CC1COc2ccc(C(=O)c3ccccc3N)cc2OC1. The Morgan fingerprint density at radius 2 is 1.81 bits per heavy atom. The van der Waals surface area contributed by atoms with Crippen molar-refractivity contribution in [1.29, 1.82) is 0 Å². The van der Waals surface area contributed by atoms with E-state index in [0.29, 0.717) is 47.4 Å². The maximum atomic E-state index is 12.5. The number of ether oxygens (including phenoxy) is 2. The van der Waals surface area contributed by atoms with E-state index < -0.39 is 0 Å². The van der Waals surface area contributed by atoms with E-state index in [4.69, 9.17) is 15.2 Å². The molecule has 1 aliphatic rings. The summed E-state index contributed by atoms with van der Waals surface area (Å²) in [6, 6.07) is 12.3. The van der Waals surface area contributed by atoms with Crippen LogP contribution < -0.4 is 15.2 Å². The summed E-state index contributed by atoms with van der Waals surface area (Å²) in [7, 11) is 0. The van der Waals surface area contributed by atoms with Gasteiger partial charge in [0.1, 0.15) is 0 Å². The van der Waals surface area contributed by atoms with E-state index in [1.807, 2.05) is 6.07 Å². The molecular weight excluding hydrogens is 266 g/mol. The van der Waals surface area contributed by atoms with E-state index in [1.54, 1.807) is 36.4 Å². The quantitative estimate of drug-likeness (QED) is 0.680. The number of benzene rings is 2. The first-order valence-electron chi connectivity index (χ1n) is 6.94. The van der Waals surface area contributed by atoms with Crippen LogP contribution in [0.3, 0.4) is 0 Å². The van der Waals surface area contributed by atoms with E-state index in [9.17, 15) is 4.79 Å². The number of ketones is 1. The molecule has 0 spiro atoms. The average Bonchev–Trinajstić information content (AvgIpc) is 2.69. The van der Waals surface area contributed by atoms with Gasteiger partial charge in [-0.05, 0) is 30.3 Å². The minimum atomic E-state index is -0.114. The van der Waals surface area contributed by atoms with Gasteiger partial charge in [0.05, 0.1) is 13.2 Å². The van der Waals surface area contributed by atoms with E-state index in [0.717, 1.165) is 0 Å². The van der Waals surface area contributed by atoms with Crippen LogP contribution in [0.5, 0.6) is 11.5 Å². The van der Waals surface area contributed by atoms with Crippen molar-refractivity contribution in [3.63, 3.8) is 0 Å². The predicted octanol–water partition coefficient (Wildman–Crippen LogP) is 2.91. The highest BCUT2D eigenvalue weighted by Gasteiger charge is 2.18. The lowest BCUT2D eigenvalue weighted by Crippen LogP contribution is -2.12. The van der Waals surface area contributed by atoms with Crippen LogP contribution in [0.1, 0.15) is 22.8 Å². The molecule has 0 radical (unpaired) electrons. The molecule has 0 saturated carbocycles. The third-order valence-electron chi connectivity index (χ3n) is 3.46. The Balaban J connectivity index is 1.94. The standard InChI is InChI=1S/C17H17NO3/c1-11-9-20-15-7-6-12(8-16(15)21-10-11)17(19)13-4-2-3-5-14(13)18/h2-8,11H,9-10,18H2,1H3. The number of rotatable bonds is 2. The van der Waals surface area contributed by atoms with Crippen LogP contribution in [-0.4, -0.2) is 19.0 Å². The maximum Gasteiger partial charge on any atom is 0.195 e. The lowest BCUT2D eigenvalue weighted by Gasteiger charge is -2.09. The monoisotopic (exact) mass is 283 g/mol. The fourth-order valence-corrected chi connectivity index (χ4v) is 2.25. The van der Waals surface area contributed by atoms with Gasteiger partial charge in [-0.25, -0.2) is 0 Å². The first-order chi connectivity index (χ1) is 10.1. The van der Waals surface area contributed by atoms with Crippen LogP contribution in [0.2, 0.25) is 0 Å². The molecule has 0 aliphatic carbocycles. The van der Waals surface area contributed by atoms with Gasteiger partial charge < -0.3 is 15.2 Å². The largest absolute Gasteiger partial charge is 0.489 e. The molecular formula is C17H17NO3. The Kier molecular flexibility index (Phi) is 3.52. The molecule has 0 amide bonds. The van der Waals surface area contributed by atoms with Crippen LogP contribution in [-0.2, 0) is 0 Å². The smallest absolute Gasteiger partial charge is 0.195 e. The maximum absolute atomic E-state index is 12.5. The number of fused-ring (bicyclic) bond motifs is 1. The highest BCUT2D eigenvalue weighted by molar-refractivity contribution is 6.12. The number of para-hydroxylation sites is 1. The zero-order valence-corrected chi connectivity index (χ0v) is 11.8. The molecule has 1 unspecified atom stereocenters. The van der Waals surface area contributed by atoms with E-state index >= 15 is 0 Å². The Morgan fingerprint density at radius 3 is 2.57 bits per heavy atom. The van der Waals surface area contributed by atoms with Gasteiger partial charge in [-0.2, -0.15) is 0 Å². The molecule has 2 N–H and O–H groups in total. The van der Waals surface area contributed by atoms with Crippen LogP contribution >= 0.6 is 0 Å². The average molecular weight is 283 g/mol. The van der Waals surface area contributed by atoms with Crippen LogP contribution in [0, 0.1) is 5.92 Å². The van der Waals surface area contributed by atoms with E-state index in [1.165, 1.54) is 0 Å². The summed E-state index contributed by atoms with van der Waals surface area (Å²) in [4.78, 5) is 12.5. The zero-order chi connectivity index (χ0) is 14.8. The molecule has 3 rings (SSSR count). The number of hydrogen-bond donors (Lipinski definition) is 1. The normalized spacial score (nSPS) is 17.1. The van der Waals surface area contributed by atoms with Crippen LogP contribution in [0.25, 0.3) is 0 Å². The molecule has 108 valence electrons. The molecule has 21 heavy (non-hydrogen) atoms. The van der Waals surface area contributed by atoms with Crippen molar-refractivity contribution in [2.24, 2.45) is 5.92 Å². The second kappa shape index (κ2) is 5.48. The molecule has 4 nitrogen and oxygen atoms in total. The van der Waals surface area contributed by atoms with E-state index in [2.05, 4.69) is 6.92 Å². The number of hydrogen-bond acceptors (Lipinski definition) is 4. The van der Waals surface area contributed by atoms with Crippen LogP contribution in [0.15, 0.2) is 42.5 Å². The predicted molar refractivity (Wildman–Crippen MR) is 80.9 cm³/mol. The highest BCUT2D eigenvalue weighted by Crippen LogP contribution is 2.32. The number of anilines is 1. The van der Waals surface area contributed by atoms with Crippen molar-refractivity contribution in [3.8, 4) is 11.5 Å². The van der Waals surface area contributed by atoms with E-state index in [-0.39, 0.29) is 5.78 Å². The van der Waals surface area contributed by atoms with Gasteiger partial charge in [0.2, 0.25) is 0 Å². The number of nitrogens with two attached hydrogens (primary N) is 1. The van der Waals surface area contributed by atoms with Crippen molar-refractivity contribution < 1.29 is 14.3 Å². The van der Waals surface area contributed by atoms with Gasteiger partial charge >= 0.3 is 0 Å². The Morgan fingerprint density at radius 1 is 1.10 bits per heavy atom. The molecule has 0 fully saturated rings. The van der Waals surface area contributed by atoms with Gasteiger partial charge in [-0.15, -0.1) is 0 Å². The van der Waals surface area contributed by atoms with Crippen molar-refractivity contribution in [2.75, 3.05) is 18.9 Å². The minimum Gasteiger partial charge on any atom is -0.489 e. The second-order valence-electron chi connectivity index (χ2n) is 5.31. The van der Waals surface area contributed by atoms with Crippen LogP contribution in [0.4, 0.5) is 5.69 Å². The summed E-state index contributed by atoms with van der Waals surface area (Å²) >= 11 is 0. The topological polar surface area (TPSA) is 61.5 Å².